The summed E-state index contributed by atoms with van der Waals surface area (Å²) < 4.78 is 0. The van der Waals surface area contributed by atoms with Crippen LogP contribution >= 0.6 is 11.8 Å². The van der Waals surface area contributed by atoms with Gasteiger partial charge in [0, 0.05) is 24.6 Å². The third kappa shape index (κ3) is 6.52. The molecule has 0 aliphatic carbocycles. The third-order valence-electron chi connectivity index (χ3n) is 3.16. The molecule has 0 spiro atoms. The molecule has 5 nitrogen and oxygen atoms in total. The summed E-state index contributed by atoms with van der Waals surface area (Å²) in [6, 6.07) is -0.313. The zero-order valence-corrected chi connectivity index (χ0v) is 12.5. The number of rotatable bonds is 10. The van der Waals surface area contributed by atoms with Gasteiger partial charge in [-0.2, -0.15) is 11.8 Å². The number of aliphatic carboxylic acids is 1. The van der Waals surface area contributed by atoms with Crippen LogP contribution in [0.15, 0.2) is 12.7 Å². The van der Waals surface area contributed by atoms with Crippen molar-refractivity contribution in [1.29, 1.82) is 0 Å². The molecule has 0 aromatic rings. The topological polar surface area (TPSA) is 78.4 Å². The fourth-order valence-corrected chi connectivity index (χ4v) is 2.17. The van der Waals surface area contributed by atoms with Crippen molar-refractivity contribution in [3.05, 3.63) is 12.7 Å². The summed E-state index contributed by atoms with van der Waals surface area (Å²) in [5, 5.41) is 14.6. The van der Waals surface area contributed by atoms with E-state index in [2.05, 4.69) is 17.2 Å². The Morgan fingerprint density at radius 2 is 1.95 bits per heavy atom. The third-order valence-corrected chi connectivity index (χ3v) is 4.13. The first-order chi connectivity index (χ1) is 9.02. The number of urea groups is 1. The molecule has 0 radical (unpaired) electrons. The van der Waals surface area contributed by atoms with Gasteiger partial charge in [-0.05, 0) is 12.8 Å². The molecular formula is C13H24N2O3S. The molecule has 0 rings (SSSR count). The molecular weight excluding hydrogens is 264 g/mol. The second kappa shape index (κ2) is 9.72. The zero-order valence-electron chi connectivity index (χ0n) is 11.7. The van der Waals surface area contributed by atoms with Crippen molar-refractivity contribution in [2.45, 2.75) is 26.7 Å². The highest BCUT2D eigenvalue weighted by atomic mass is 32.2. The van der Waals surface area contributed by atoms with E-state index in [0.29, 0.717) is 19.4 Å². The van der Waals surface area contributed by atoms with E-state index in [0.717, 1.165) is 11.5 Å². The van der Waals surface area contributed by atoms with E-state index in [1.165, 1.54) is 0 Å². The van der Waals surface area contributed by atoms with Crippen molar-refractivity contribution in [3.63, 3.8) is 0 Å². The standard InChI is InChI=1S/C13H24N2O3S/c1-4-8-19-9-7-14-12(18)15-10-13(5-2,6-3)11(16)17/h4H,1,5-10H2,2-3H3,(H,16,17)(H2,14,15,18). The Morgan fingerprint density at radius 3 is 2.42 bits per heavy atom. The van der Waals surface area contributed by atoms with E-state index in [9.17, 15) is 14.7 Å². The second-order valence-electron chi connectivity index (χ2n) is 4.27. The van der Waals surface area contributed by atoms with Crippen molar-refractivity contribution in [2.75, 3.05) is 24.6 Å². The Kier molecular flexibility index (Phi) is 9.12. The van der Waals surface area contributed by atoms with Gasteiger partial charge in [-0.15, -0.1) is 6.58 Å². The summed E-state index contributed by atoms with van der Waals surface area (Å²) in [6.07, 6.45) is 2.80. The lowest BCUT2D eigenvalue weighted by Gasteiger charge is -2.26. The quantitative estimate of drug-likeness (QED) is 0.425. The van der Waals surface area contributed by atoms with Gasteiger partial charge in [0.25, 0.3) is 0 Å². The predicted molar refractivity (Wildman–Crippen MR) is 79.6 cm³/mol. The molecule has 0 atom stereocenters. The molecule has 19 heavy (non-hydrogen) atoms. The lowest BCUT2D eigenvalue weighted by atomic mass is 9.82. The maximum Gasteiger partial charge on any atom is 0.314 e. The van der Waals surface area contributed by atoms with Crippen molar-refractivity contribution in [1.82, 2.24) is 10.6 Å². The highest BCUT2D eigenvalue weighted by Gasteiger charge is 2.35. The number of nitrogens with one attached hydrogen (secondary N) is 2. The maximum atomic E-state index is 11.5. The van der Waals surface area contributed by atoms with Crippen LogP contribution in [0.3, 0.4) is 0 Å². The molecule has 110 valence electrons. The first kappa shape index (κ1) is 17.8. The molecule has 0 saturated heterocycles. The van der Waals surface area contributed by atoms with Crippen LogP contribution in [0.1, 0.15) is 26.7 Å². The minimum atomic E-state index is -0.866. The van der Waals surface area contributed by atoms with E-state index in [4.69, 9.17) is 0 Å². The number of carboxylic acids is 1. The lowest BCUT2D eigenvalue weighted by molar-refractivity contribution is -0.149. The molecule has 0 aliphatic heterocycles. The summed E-state index contributed by atoms with van der Waals surface area (Å²) in [4.78, 5) is 22.8. The van der Waals surface area contributed by atoms with Gasteiger partial charge in [0.15, 0.2) is 0 Å². The van der Waals surface area contributed by atoms with Gasteiger partial charge in [-0.3, -0.25) is 4.79 Å². The molecule has 0 aromatic carbocycles. The number of hydrogen-bond acceptors (Lipinski definition) is 3. The Morgan fingerprint density at radius 1 is 1.32 bits per heavy atom. The average molecular weight is 288 g/mol. The van der Waals surface area contributed by atoms with Gasteiger partial charge in [-0.1, -0.05) is 19.9 Å². The van der Waals surface area contributed by atoms with E-state index in [1.807, 2.05) is 19.9 Å². The SMILES string of the molecule is C=CCSCCNC(=O)NCC(CC)(CC)C(=O)O. The van der Waals surface area contributed by atoms with E-state index >= 15 is 0 Å². The number of carbonyl (C=O) groups is 2. The Balaban J connectivity index is 3.99. The molecule has 2 amide bonds. The van der Waals surface area contributed by atoms with Gasteiger partial charge in [0.05, 0.1) is 5.41 Å². The van der Waals surface area contributed by atoms with E-state index in [1.54, 1.807) is 11.8 Å². The van der Waals surface area contributed by atoms with Crippen LogP contribution in [-0.4, -0.2) is 41.7 Å². The summed E-state index contributed by atoms with van der Waals surface area (Å²) in [7, 11) is 0. The van der Waals surface area contributed by atoms with Crippen LogP contribution in [0, 0.1) is 5.41 Å². The van der Waals surface area contributed by atoms with Crippen LogP contribution in [-0.2, 0) is 4.79 Å². The van der Waals surface area contributed by atoms with Gasteiger partial charge >= 0.3 is 12.0 Å². The first-order valence-corrected chi connectivity index (χ1v) is 7.61. The van der Waals surface area contributed by atoms with Crippen molar-refractivity contribution in [2.24, 2.45) is 5.41 Å². The Labute approximate surface area is 119 Å². The molecule has 0 saturated carbocycles. The molecule has 6 heteroatoms. The molecule has 0 aromatic heterocycles. The Bertz CT molecular complexity index is 304. The normalized spacial score (nSPS) is 10.8. The van der Waals surface area contributed by atoms with Crippen LogP contribution in [0.5, 0.6) is 0 Å². The molecule has 0 bridgehead atoms. The maximum absolute atomic E-state index is 11.5. The van der Waals surface area contributed by atoms with Gasteiger partial charge in [0.2, 0.25) is 0 Å². The smallest absolute Gasteiger partial charge is 0.314 e. The van der Waals surface area contributed by atoms with Gasteiger partial charge in [-0.25, -0.2) is 4.79 Å². The molecule has 3 N–H and O–H groups in total. The minimum absolute atomic E-state index is 0.154. The van der Waals surface area contributed by atoms with Crippen molar-refractivity contribution >= 4 is 23.8 Å². The molecule has 0 heterocycles. The number of hydrogen-bond donors (Lipinski definition) is 3. The molecule has 0 fully saturated rings. The summed E-state index contributed by atoms with van der Waals surface area (Å²) in [5.74, 6) is 0.807. The summed E-state index contributed by atoms with van der Waals surface area (Å²) in [5.41, 5.74) is -0.866. The number of carbonyl (C=O) groups excluding carboxylic acids is 1. The van der Waals surface area contributed by atoms with Gasteiger partial charge in [0.1, 0.15) is 0 Å². The monoisotopic (exact) mass is 288 g/mol. The molecule has 0 aliphatic rings. The first-order valence-electron chi connectivity index (χ1n) is 6.46. The number of thioether (sulfide) groups is 1. The van der Waals surface area contributed by atoms with Gasteiger partial charge < -0.3 is 15.7 Å². The summed E-state index contributed by atoms with van der Waals surface area (Å²) in [6.45, 7) is 7.97. The van der Waals surface area contributed by atoms with Crippen LogP contribution < -0.4 is 10.6 Å². The van der Waals surface area contributed by atoms with E-state index in [-0.39, 0.29) is 12.6 Å². The predicted octanol–water partition coefficient (Wildman–Crippen LogP) is 2.10. The van der Waals surface area contributed by atoms with E-state index < -0.39 is 11.4 Å². The highest BCUT2D eigenvalue weighted by Crippen LogP contribution is 2.25. The number of amides is 2. The fraction of sp³-hybridized carbons (Fsp3) is 0.692. The minimum Gasteiger partial charge on any atom is -0.481 e. The van der Waals surface area contributed by atoms with Crippen molar-refractivity contribution < 1.29 is 14.7 Å². The average Bonchev–Trinajstić information content (AvgIpc) is 2.40. The molecule has 0 unspecified atom stereocenters. The fourth-order valence-electron chi connectivity index (χ4n) is 1.59. The number of carboxylic acid groups (broad SMARTS) is 1. The van der Waals surface area contributed by atoms with Crippen LogP contribution in [0.4, 0.5) is 4.79 Å². The largest absolute Gasteiger partial charge is 0.481 e. The van der Waals surface area contributed by atoms with Crippen molar-refractivity contribution in [3.8, 4) is 0 Å². The van der Waals surface area contributed by atoms with Crippen LogP contribution in [0.2, 0.25) is 0 Å². The zero-order chi connectivity index (χ0) is 14.7. The Hall–Kier alpha value is -1.17. The van der Waals surface area contributed by atoms with Crippen LogP contribution in [0.25, 0.3) is 0 Å². The summed E-state index contributed by atoms with van der Waals surface area (Å²) >= 11 is 1.68. The highest BCUT2D eigenvalue weighted by molar-refractivity contribution is 7.99. The lowest BCUT2D eigenvalue weighted by Crippen LogP contribution is -2.46. The second-order valence-corrected chi connectivity index (χ2v) is 5.42.